The highest BCUT2D eigenvalue weighted by Crippen LogP contribution is 2.31. The predicted octanol–water partition coefficient (Wildman–Crippen LogP) is 2.12. The average molecular weight is 258 g/mol. The second-order valence-electron chi connectivity index (χ2n) is 4.81. The van der Waals surface area contributed by atoms with E-state index in [0.29, 0.717) is 12.6 Å². The third-order valence-corrected chi connectivity index (χ3v) is 4.58. The van der Waals surface area contributed by atoms with Crippen molar-refractivity contribution in [3.05, 3.63) is 0 Å². The second-order valence-corrected chi connectivity index (χ2v) is 6.39. The van der Waals surface area contributed by atoms with E-state index < -0.39 is 0 Å². The van der Waals surface area contributed by atoms with Crippen molar-refractivity contribution < 1.29 is 4.79 Å². The lowest BCUT2D eigenvalue weighted by Gasteiger charge is -2.23. The van der Waals surface area contributed by atoms with Crippen LogP contribution in [0.25, 0.3) is 0 Å². The summed E-state index contributed by atoms with van der Waals surface area (Å²) in [7, 11) is 2.08. The van der Waals surface area contributed by atoms with Crippen LogP contribution in [0.3, 0.4) is 0 Å². The van der Waals surface area contributed by atoms with Crippen molar-refractivity contribution in [3.63, 3.8) is 0 Å². The summed E-state index contributed by atoms with van der Waals surface area (Å²) in [4.78, 5) is 13.8. The average Bonchev–Trinajstić information content (AvgIpc) is 2.75. The van der Waals surface area contributed by atoms with Gasteiger partial charge in [0.1, 0.15) is 0 Å². The van der Waals surface area contributed by atoms with Crippen molar-refractivity contribution in [1.82, 2.24) is 10.2 Å². The van der Waals surface area contributed by atoms with Gasteiger partial charge < -0.3 is 5.32 Å². The standard InChI is InChI=1S/C13H26N2OS/c1-4-8-14-13(16)10-15(3)11-6-7-12(9-11)17-5-2/h11-12H,4-10H2,1-3H3,(H,14,16)/t11-,12+/m0/s1. The van der Waals surface area contributed by atoms with Gasteiger partial charge in [-0.05, 0) is 38.5 Å². The number of thioether (sulfide) groups is 1. The van der Waals surface area contributed by atoms with E-state index in [1.54, 1.807) is 0 Å². The third-order valence-electron chi connectivity index (χ3n) is 3.35. The van der Waals surface area contributed by atoms with E-state index in [0.717, 1.165) is 18.2 Å². The summed E-state index contributed by atoms with van der Waals surface area (Å²) >= 11 is 2.07. The molecule has 0 saturated heterocycles. The molecule has 100 valence electrons. The molecule has 2 atom stereocenters. The van der Waals surface area contributed by atoms with Crippen LogP contribution in [-0.2, 0) is 4.79 Å². The topological polar surface area (TPSA) is 32.3 Å². The number of carbonyl (C=O) groups is 1. The van der Waals surface area contributed by atoms with Gasteiger partial charge in [-0.25, -0.2) is 0 Å². The molecule has 0 aromatic heterocycles. The van der Waals surface area contributed by atoms with Gasteiger partial charge >= 0.3 is 0 Å². The van der Waals surface area contributed by atoms with Crippen molar-refractivity contribution in [2.24, 2.45) is 0 Å². The number of hydrogen-bond acceptors (Lipinski definition) is 3. The van der Waals surface area contributed by atoms with E-state index >= 15 is 0 Å². The molecule has 0 heterocycles. The quantitative estimate of drug-likeness (QED) is 0.759. The Kier molecular flexibility index (Phi) is 6.97. The maximum absolute atomic E-state index is 11.6. The third kappa shape index (κ3) is 5.30. The minimum absolute atomic E-state index is 0.168. The fourth-order valence-corrected chi connectivity index (χ4v) is 3.51. The van der Waals surface area contributed by atoms with E-state index in [1.165, 1.54) is 25.0 Å². The highest BCUT2D eigenvalue weighted by atomic mass is 32.2. The molecule has 1 N–H and O–H groups in total. The smallest absolute Gasteiger partial charge is 0.234 e. The maximum atomic E-state index is 11.6. The van der Waals surface area contributed by atoms with Gasteiger partial charge in [0, 0.05) is 17.8 Å². The maximum Gasteiger partial charge on any atom is 0.234 e. The number of amides is 1. The normalized spacial score (nSPS) is 24.2. The van der Waals surface area contributed by atoms with Crippen molar-refractivity contribution in [3.8, 4) is 0 Å². The van der Waals surface area contributed by atoms with E-state index in [9.17, 15) is 4.79 Å². The van der Waals surface area contributed by atoms with Gasteiger partial charge in [0.05, 0.1) is 6.54 Å². The van der Waals surface area contributed by atoms with Crippen LogP contribution in [-0.4, -0.2) is 48.0 Å². The number of rotatable bonds is 7. The molecule has 4 heteroatoms. The predicted molar refractivity (Wildman–Crippen MR) is 75.5 cm³/mol. The van der Waals surface area contributed by atoms with Crippen LogP contribution in [0, 0.1) is 0 Å². The van der Waals surface area contributed by atoms with E-state index in [4.69, 9.17) is 0 Å². The lowest BCUT2D eigenvalue weighted by molar-refractivity contribution is -0.122. The van der Waals surface area contributed by atoms with Gasteiger partial charge in [-0.15, -0.1) is 0 Å². The molecule has 1 fully saturated rings. The Balaban J connectivity index is 2.24. The number of nitrogens with zero attached hydrogens (tertiary/aromatic N) is 1. The van der Waals surface area contributed by atoms with Crippen LogP contribution in [0.2, 0.25) is 0 Å². The first-order chi connectivity index (χ1) is 8.17. The zero-order valence-corrected chi connectivity index (χ0v) is 12.2. The van der Waals surface area contributed by atoms with Crippen molar-refractivity contribution >= 4 is 17.7 Å². The molecule has 3 nitrogen and oxygen atoms in total. The monoisotopic (exact) mass is 258 g/mol. The Morgan fingerprint density at radius 1 is 1.41 bits per heavy atom. The van der Waals surface area contributed by atoms with Crippen LogP contribution in [0.5, 0.6) is 0 Å². The zero-order valence-electron chi connectivity index (χ0n) is 11.4. The summed E-state index contributed by atoms with van der Waals surface area (Å²) in [6, 6.07) is 0.603. The van der Waals surface area contributed by atoms with Gasteiger partial charge in [0.25, 0.3) is 0 Å². The van der Waals surface area contributed by atoms with E-state index in [1.807, 2.05) is 0 Å². The van der Waals surface area contributed by atoms with Crippen molar-refractivity contribution in [2.75, 3.05) is 25.9 Å². The molecule has 1 saturated carbocycles. The molecule has 0 unspecified atom stereocenters. The molecule has 0 bridgehead atoms. The Morgan fingerprint density at radius 3 is 2.82 bits per heavy atom. The van der Waals surface area contributed by atoms with Gasteiger partial charge in [-0.1, -0.05) is 13.8 Å². The summed E-state index contributed by atoms with van der Waals surface area (Å²) in [6.45, 7) is 5.65. The summed E-state index contributed by atoms with van der Waals surface area (Å²) in [5.74, 6) is 1.37. The fourth-order valence-electron chi connectivity index (χ4n) is 2.38. The van der Waals surface area contributed by atoms with Gasteiger partial charge in [-0.2, -0.15) is 11.8 Å². The summed E-state index contributed by atoms with van der Waals surface area (Å²) in [5.41, 5.74) is 0. The van der Waals surface area contributed by atoms with E-state index in [2.05, 4.69) is 42.9 Å². The molecular weight excluding hydrogens is 232 g/mol. The largest absolute Gasteiger partial charge is 0.355 e. The molecular formula is C13H26N2OS. The molecule has 0 spiro atoms. The molecule has 1 amide bonds. The molecule has 0 radical (unpaired) electrons. The lowest BCUT2D eigenvalue weighted by Crippen LogP contribution is -2.40. The zero-order chi connectivity index (χ0) is 12.7. The molecule has 1 rings (SSSR count). The van der Waals surface area contributed by atoms with Crippen LogP contribution >= 0.6 is 11.8 Å². The lowest BCUT2D eigenvalue weighted by atomic mass is 10.2. The van der Waals surface area contributed by atoms with Crippen LogP contribution in [0.1, 0.15) is 39.5 Å². The molecule has 1 aliphatic rings. The first-order valence-electron chi connectivity index (χ1n) is 6.75. The van der Waals surface area contributed by atoms with Crippen LogP contribution in [0.15, 0.2) is 0 Å². The van der Waals surface area contributed by atoms with Gasteiger partial charge in [-0.3, -0.25) is 9.69 Å². The SMILES string of the molecule is CCCNC(=O)CN(C)[C@H]1CC[C@@H](SCC)C1. The molecule has 0 aromatic carbocycles. The summed E-state index contributed by atoms with van der Waals surface area (Å²) < 4.78 is 0. The Bertz CT molecular complexity index is 235. The minimum Gasteiger partial charge on any atom is -0.355 e. The molecule has 0 aliphatic heterocycles. The highest BCUT2D eigenvalue weighted by Gasteiger charge is 2.28. The summed E-state index contributed by atoms with van der Waals surface area (Å²) in [5, 5.41) is 3.75. The first-order valence-corrected chi connectivity index (χ1v) is 7.80. The molecule has 1 aliphatic carbocycles. The van der Waals surface area contributed by atoms with Gasteiger partial charge in [0.2, 0.25) is 5.91 Å². The first kappa shape index (κ1) is 14.8. The fraction of sp³-hybridized carbons (Fsp3) is 0.923. The highest BCUT2D eigenvalue weighted by molar-refractivity contribution is 7.99. The van der Waals surface area contributed by atoms with Crippen molar-refractivity contribution in [1.29, 1.82) is 0 Å². The number of nitrogens with one attached hydrogen (secondary N) is 1. The second kappa shape index (κ2) is 7.98. The number of hydrogen-bond donors (Lipinski definition) is 1. The van der Waals surface area contributed by atoms with Crippen LogP contribution in [0.4, 0.5) is 0 Å². The molecule has 17 heavy (non-hydrogen) atoms. The minimum atomic E-state index is 0.168. The Labute approximate surface area is 110 Å². The van der Waals surface area contributed by atoms with Crippen molar-refractivity contribution in [2.45, 2.75) is 50.8 Å². The van der Waals surface area contributed by atoms with Crippen LogP contribution < -0.4 is 5.32 Å². The number of carbonyl (C=O) groups excluding carboxylic acids is 1. The Hall–Kier alpha value is -0.220. The van der Waals surface area contributed by atoms with Gasteiger partial charge in [0.15, 0.2) is 0 Å². The van der Waals surface area contributed by atoms with E-state index in [-0.39, 0.29) is 5.91 Å². The molecule has 0 aromatic rings. The Morgan fingerprint density at radius 2 is 2.18 bits per heavy atom. The summed E-state index contributed by atoms with van der Waals surface area (Å²) in [6.07, 6.45) is 4.81. The number of likely N-dealkylation sites (N-methyl/N-ethyl adjacent to an activating group) is 1.